The van der Waals surface area contributed by atoms with Crippen LogP contribution in [0.15, 0.2) is 36.4 Å². The maximum absolute atomic E-state index is 8.87. The molecule has 2 aromatic rings. The standard InChI is InChI=1S/C18H20N4/c1-13-5-7-15(8-6-13)18-14(2)4-3-11-22(18)17-10-9-16(12-19)20-21-17/h5-10,14,18H,3-4,11H2,1-2H3. The number of nitrogens with zero attached hydrogens (tertiary/aromatic N) is 4. The Kier molecular flexibility index (Phi) is 4.06. The number of hydrogen-bond acceptors (Lipinski definition) is 4. The molecule has 4 nitrogen and oxygen atoms in total. The van der Waals surface area contributed by atoms with Gasteiger partial charge in [-0.1, -0.05) is 36.8 Å². The largest absolute Gasteiger partial charge is 0.348 e. The molecule has 1 fully saturated rings. The zero-order chi connectivity index (χ0) is 15.5. The summed E-state index contributed by atoms with van der Waals surface area (Å²) in [6, 6.07) is 14.8. The van der Waals surface area contributed by atoms with Crippen molar-refractivity contribution in [1.82, 2.24) is 10.2 Å². The molecule has 0 saturated carbocycles. The van der Waals surface area contributed by atoms with Crippen molar-refractivity contribution in [2.45, 2.75) is 32.7 Å². The predicted molar refractivity (Wildman–Crippen MR) is 86.4 cm³/mol. The molecule has 0 aliphatic carbocycles. The summed E-state index contributed by atoms with van der Waals surface area (Å²) in [5, 5.41) is 17.1. The molecule has 0 bridgehead atoms. The van der Waals surface area contributed by atoms with Crippen molar-refractivity contribution >= 4 is 5.82 Å². The second kappa shape index (κ2) is 6.15. The summed E-state index contributed by atoms with van der Waals surface area (Å²) in [7, 11) is 0. The minimum absolute atomic E-state index is 0.316. The van der Waals surface area contributed by atoms with Crippen LogP contribution < -0.4 is 4.90 Å². The van der Waals surface area contributed by atoms with Gasteiger partial charge in [-0.25, -0.2) is 0 Å². The highest BCUT2D eigenvalue weighted by Gasteiger charge is 2.30. The molecule has 1 saturated heterocycles. The van der Waals surface area contributed by atoms with Crippen molar-refractivity contribution in [2.24, 2.45) is 5.92 Å². The van der Waals surface area contributed by atoms with Crippen LogP contribution in [0.1, 0.15) is 42.6 Å². The van der Waals surface area contributed by atoms with Crippen LogP contribution in [0.25, 0.3) is 0 Å². The van der Waals surface area contributed by atoms with Crippen molar-refractivity contribution in [3.8, 4) is 6.07 Å². The second-order valence-corrected chi connectivity index (χ2v) is 6.06. The van der Waals surface area contributed by atoms with Crippen molar-refractivity contribution in [3.05, 3.63) is 53.2 Å². The SMILES string of the molecule is Cc1ccc(C2C(C)CCCN2c2ccc(C#N)nn2)cc1. The van der Waals surface area contributed by atoms with E-state index in [-0.39, 0.29) is 0 Å². The van der Waals surface area contributed by atoms with Gasteiger partial charge in [-0.05, 0) is 43.4 Å². The smallest absolute Gasteiger partial charge is 0.163 e. The highest BCUT2D eigenvalue weighted by Crippen LogP contribution is 2.38. The molecule has 4 heteroatoms. The quantitative estimate of drug-likeness (QED) is 0.848. The molecule has 2 unspecified atom stereocenters. The molecule has 1 aliphatic heterocycles. The van der Waals surface area contributed by atoms with E-state index in [1.54, 1.807) is 6.07 Å². The van der Waals surface area contributed by atoms with Gasteiger partial charge in [0.15, 0.2) is 11.5 Å². The van der Waals surface area contributed by atoms with Crippen molar-refractivity contribution in [3.63, 3.8) is 0 Å². The molecular weight excluding hydrogens is 272 g/mol. The van der Waals surface area contributed by atoms with E-state index >= 15 is 0 Å². The summed E-state index contributed by atoms with van der Waals surface area (Å²) in [6.07, 6.45) is 2.38. The van der Waals surface area contributed by atoms with E-state index in [9.17, 15) is 0 Å². The fourth-order valence-corrected chi connectivity index (χ4v) is 3.25. The van der Waals surface area contributed by atoms with Crippen LogP contribution in [0.4, 0.5) is 5.82 Å². The molecular formula is C18H20N4. The topological polar surface area (TPSA) is 52.8 Å². The Morgan fingerprint density at radius 1 is 1.14 bits per heavy atom. The molecule has 112 valence electrons. The van der Waals surface area contributed by atoms with Crippen LogP contribution in [-0.4, -0.2) is 16.7 Å². The van der Waals surface area contributed by atoms with Gasteiger partial charge in [-0.2, -0.15) is 5.26 Å². The van der Waals surface area contributed by atoms with Gasteiger partial charge in [-0.15, -0.1) is 10.2 Å². The minimum Gasteiger partial charge on any atom is -0.348 e. The normalized spacial score (nSPS) is 21.4. The monoisotopic (exact) mass is 292 g/mol. The molecule has 3 rings (SSSR count). The molecule has 0 amide bonds. The van der Waals surface area contributed by atoms with Crippen molar-refractivity contribution in [2.75, 3.05) is 11.4 Å². The van der Waals surface area contributed by atoms with E-state index < -0.39 is 0 Å². The average Bonchev–Trinajstić information content (AvgIpc) is 2.56. The van der Waals surface area contributed by atoms with Gasteiger partial charge < -0.3 is 4.90 Å². The van der Waals surface area contributed by atoms with Crippen LogP contribution in [0.3, 0.4) is 0 Å². The van der Waals surface area contributed by atoms with E-state index in [4.69, 9.17) is 5.26 Å². The number of hydrogen-bond donors (Lipinski definition) is 0. The molecule has 1 aromatic carbocycles. The van der Waals surface area contributed by atoms with Gasteiger partial charge in [0.1, 0.15) is 6.07 Å². The van der Waals surface area contributed by atoms with Crippen molar-refractivity contribution in [1.29, 1.82) is 5.26 Å². The van der Waals surface area contributed by atoms with Gasteiger partial charge in [-0.3, -0.25) is 0 Å². The Labute approximate surface area is 131 Å². The van der Waals surface area contributed by atoms with Gasteiger partial charge in [0.05, 0.1) is 6.04 Å². The lowest BCUT2D eigenvalue weighted by Crippen LogP contribution is -2.38. The molecule has 1 aromatic heterocycles. The molecule has 22 heavy (non-hydrogen) atoms. The van der Waals surface area contributed by atoms with Crippen LogP contribution in [-0.2, 0) is 0 Å². The number of rotatable bonds is 2. The summed E-state index contributed by atoms with van der Waals surface area (Å²) in [6.45, 7) is 5.38. The maximum atomic E-state index is 8.87. The first-order valence-electron chi connectivity index (χ1n) is 7.76. The third-order valence-corrected chi connectivity index (χ3v) is 4.41. The van der Waals surface area contributed by atoms with E-state index in [1.807, 2.05) is 12.1 Å². The number of anilines is 1. The molecule has 0 radical (unpaired) electrons. The Bertz CT molecular complexity index is 670. The summed E-state index contributed by atoms with van der Waals surface area (Å²) in [4.78, 5) is 2.33. The van der Waals surface area contributed by atoms with Crippen molar-refractivity contribution < 1.29 is 0 Å². The van der Waals surface area contributed by atoms with E-state index in [1.165, 1.54) is 17.5 Å². The number of nitriles is 1. The lowest BCUT2D eigenvalue weighted by atomic mass is 9.86. The van der Waals surface area contributed by atoms with Gasteiger partial charge in [0.25, 0.3) is 0 Å². The van der Waals surface area contributed by atoms with Crippen LogP contribution in [0.5, 0.6) is 0 Å². The van der Waals surface area contributed by atoms with Crippen LogP contribution >= 0.6 is 0 Å². The first-order chi connectivity index (χ1) is 10.7. The molecule has 2 atom stereocenters. The lowest BCUT2D eigenvalue weighted by Gasteiger charge is -2.41. The number of aromatic nitrogens is 2. The fourth-order valence-electron chi connectivity index (χ4n) is 3.25. The first kappa shape index (κ1) is 14.5. The number of piperidine rings is 1. The Hall–Kier alpha value is -2.41. The second-order valence-electron chi connectivity index (χ2n) is 6.06. The zero-order valence-corrected chi connectivity index (χ0v) is 13.0. The van der Waals surface area contributed by atoms with Gasteiger partial charge >= 0.3 is 0 Å². The average molecular weight is 292 g/mol. The summed E-state index contributed by atoms with van der Waals surface area (Å²) >= 11 is 0. The lowest BCUT2D eigenvalue weighted by molar-refractivity contribution is 0.349. The van der Waals surface area contributed by atoms with Gasteiger partial charge in [0.2, 0.25) is 0 Å². The Morgan fingerprint density at radius 2 is 1.91 bits per heavy atom. The zero-order valence-electron chi connectivity index (χ0n) is 13.0. The van der Waals surface area contributed by atoms with E-state index in [0.29, 0.717) is 17.7 Å². The highest BCUT2D eigenvalue weighted by molar-refractivity contribution is 5.44. The van der Waals surface area contributed by atoms with E-state index in [0.717, 1.165) is 18.8 Å². The summed E-state index contributed by atoms with van der Waals surface area (Å²) in [5.74, 6) is 1.42. The van der Waals surface area contributed by atoms with Crippen LogP contribution in [0, 0.1) is 24.2 Å². The third kappa shape index (κ3) is 2.80. The maximum Gasteiger partial charge on any atom is 0.163 e. The first-order valence-corrected chi connectivity index (χ1v) is 7.76. The number of aryl methyl sites for hydroxylation is 1. The highest BCUT2D eigenvalue weighted by atomic mass is 15.3. The predicted octanol–water partition coefficient (Wildman–Crippen LogP) is 3.63. The summed E-state index contributed by atoms with van der Waals surface area (Å²) in [5.41, 5.74) is 2.96. The molecule has 2 heterocycles. The van der Waals surface area contributed by atoms with Gasteiger partial charge in [0, 0.05) is 6.54 Å². The number of benzene rings is 1. The molecule has 0 N–H and O–H groups in total. The van der Waals surface area contributed by atoms with E-state index in [2.05, 4.69) is 53.2 Å². The summed E-state index contributed by atoms with van der Waals surface area (Å²) < 4.78 is 0. The third-order valence-electron chi connectivity index (χ3n) is 4.41. The molecule has 0 spiro atoms. The minimum atomic E-state index is 0.316. The molecule has 1 aliphatic rings. The van der Waals surface area contributed by atoms with Crippen LogP contribution in [0.2, 0.25) is 0 Å². The Morgan fingerprint density at radius 3 is 2.55 bits per heavy atom. The fraction of sp³-hybridized carbons (Fsp3) is 0.389. The Balaban J connectivity index is 1.95.